The maximum atomic E-state index is 12.4. The van der Waals surface area contributed by atoms with E-state index in [9.17, 15) is 14.4 Å². The minimum Gasteiger partial charge on any atom is -0.452 e. The van der Waals surface area contributed by atoms with Crippen LogP contribution in [0.25, 0.3) is 11.1 Å². The van der Waals surface area contributed by atoms with Gasteiger partial charge in [-0.2, -0.15) is 0 Å². The van der Waals surface area contributed by atoms with Crippen molar-refractivity contribution in [3.63, 3.8) is 0 Å². The van der Waals surface area contributed by atoms with Gasteiger partial charge in [0.25, 0.3) is 5.91 Å². The SMILES string of the molecule is CC(=O)Oc1ccc(-c2ccc(C(=O)OCC(=O)N(C)C(C)c3ccccc3)cc2)cc1. The fraction of sp³-hybridized carbons (Fsp3) is 0.192. The third-order valence-corrected chi connectivity index (χ3v) is 5.15. The highest BCUT2D eigenvalue weighted by atomic mass is 16.5. The highest BCUT2D eigenvalue weighted by Gasteiger charge is 2.19. The number of carbonyl (C=O) groups excluding carboxylic acids is 3. The second kappa shape index (κ2) is 10.4. The summed E-state index contributed by atoms with van der Waals surface area (Å²) in [6.07, 6.45) is 0. The number of benzene rings is 3. The number of esters is 2. The molecule has 0 bridgehead atoms. The van der Waals surface area contributed by atoms with Gasteiger partial charge in [0.05, 0.1) is 11.6 Å². The van der Waals surface area contributed by atoms with Crippen LogP contribution in [-0.2, 0) is 14.3 Å². The minimum atomic E-state index is -0.559. The first-order chi connectivity index (χ1) is 15.3. The zero-order valence-electron chi connectivity index (χ0n) is 18.3. The van der Waals surface area contributed by atoms with E-state index in [0.717, 1.165) is 16.7 Å². The van der Waals surface area contributed by atoms with Crippen molar-refractivity contribution in [3.8, 4) is 16.9 Å². The van der Waals surface area contributed by atoms with E-state index < -0.39 is 5.97 Å². The lowest BCUT2D eigenvalue weighted by Gasteiger charge is -2.25. The first-order valence-electron chi connectivity index (χ1n) is 10.2. The predicted molar refractivity (Wildman–Crippen MR) is 121 cm³/mol. The summed E-state index contributed by atoms with van der Waals surface area (Å²) in [5.41, 5.74) is 3.17. The van der Waals surface area contributed by atoms with Gasteiger partial charge in [0.15, 0.2) is 6.61 Å². The van der Waals surface area contributed by atoms with Gasteiger partial charge in [0.2, 0.25) is 0 Å². The van der Waals surface area contributed by atoms with Gasteiger partial charge >= 0.3 is 11.9 Å². The van der Waals surface area contributed by atoms with Crippen molar-refractivity contribution in [3.05, 3.63) is 90.0 Å². The van der Waals surface area contributed by atoms with E-state index in [1.165, 1.54) is 6.92 Å². The van der Waals surface area contributed by atoms with Crippen molar-refractivity contribution in [1.82, 2.24) is 4.90 Å². The van der Waals surface area contributed by atoms with Crippen molar-refractivity contribution < 1.29 is 23.9 Å². The van der Waals surface area contributed by atoms with E-state index in [1.807, 2.05) is 49.4 Å². The predicted octanol–water partition coefficient (Wildman–Crippen LogP) is 4.66. The van der Waals surface area contributed by atoms with Gasteiger partial charge in [-0.05, 0) is 47.9 Å². The molecule has 0 fully saturated rings. The molecule has 3 rings (SSSR count). The van der Waals surface area contributed by atoms with Crippen LogP contribution in [0.5, 0.6) is 5.75 Å². The van der Waals surface area contributed by atoms with Crippen molar-refractivity contribution in [2.75, 3.05) is 13.7 Å². The summed E-state index contributed by atoms with van der Waals surface area (Å²) in [6, 6.07) is 23.5. The Labute approximate surface area is 187 Å². The maximum Gasteiger partial charge on any atom is 0.338 e. The Morgan fingerprint density at radius 2 is 1.41 bits per heavy atom. The van der Waals surface area contributed by atoms with Crippen LogP contribution in [0.2, 0.25) is 0 Å². The van der Waals surface area contributed by atoms with Crippen LogP contribution in [-0.4, -0.2) is 36.4 Å². The molecule has 0 heterocycles. The molecule has 3 aromatic carbocycles. The highest BCUT2D eigenvalue weighted by Crippen LogP contribution is 2.23. The van der Waals surface area contributed by atoms with Crippen LogP contribution < -0.4 is 4.74 Å². The Balaban J connectivity index is 1.56. The summed E-state index contributed by atoms with van der Waals surface area (Å²) >= 11 is 0. The highest BCUT2D eigenvalue weighted by molar-refractivity contribution is 5.92. The van der Waals surface area contributed by atoms with Crippen LogP contribution in [0.4, 0.5) is 0 Å². The third kappa shape index (κ3) is 5.82. The lowest BCUT2D eigenvalue weighted by molar-refractivity contribution is -0.135. The molecule has 0 saturated carbocycles. The average molecular weight is 431 g/mol. The second-order valence-electron chi connectivity index (χ2n) is 7.36. The Hall–Kier alpha value is -3.93. The summed E-state index contributed by atoms with van der Waals surface area (Å²) in [5.74, 6) is -0.743. The van der Waals surface area contributed by atoms with Gasteiger partial charge in [-0.1, -0.05) is 54.6 Å². The molecule has 0 saturated heterocycles. The molecule has 0 aromatic heterocycles. The number of hydrogen-bond donors (Lipinski definition) is 0. The standard InChI is InChI=1S/C26H25NO5/c1-18(20-7-5-4-6-8-20)27(3)25(29)17-31-26(30)23-11-9-21(10-12-23)22-13-15-24(16-14-22)32-19(2)28/h4-16,18H,17H2,1-3H3. The molecule has 6 heteroatoms. The van der Waals surface area contributed by atoms with Crippen molar-refractivity contribution in [2.24, 2.45) is 0 Å². The zero-order chi connectivity index (χ0) is 23.1. The van der Waals surface area contributed by atoms with E-state index in [1.54, 1.807) is 48.3 Å². The summed E-state index contributed by atoms with van der Waals surface area (Å²) in [7, 11) is 1.69. The molecule has 3 aromatic rings. The third-order valence-electron chi connectivity index (χ3n) is 5.15. The van der Waals surface area contributed by atoms with Crippen LogP contribution in [0.3, 0.4) is 0 Å². The van der Waals surface area contributed by atoms with Crippen molar-refractivity contribution in [1.29, 1.82) is 0 Å². The molecule has 0 aliphatic rings. The minimum absolute atomic E-state index is 0.131. The molecular weight excluding hydrogens is 406 g/mol. The van der Waals surface area contributed by atoms with Gasteiger partial charge in [-0.3, -0.25) is 9.59 Å². The molecule has 1 atom stereocenters. The van der Waals surface area contributed by atoms with Crippen LogP contribution in [0.1, 0.15) is 35.8 Å². The van der Waals surface area contributed by atoms with Gasteiger partial charge in [-0.25, -0.2) is 4.79 Å². The largest absolute Gasteiger partial charge is 0.452 e. The Bertz CT molecular complexity index is 1080. The lowest BCUT2D eigenvalue weighted by atomic mass is 10.0. The number of ether oxygens (including phenoxy) is 2. The number of likely N-dealkylation sites (N-methyl/N-ethyl adjacent to an activating group) is 1. The number of carbonyl (C=O) groups is 3. The molecule has 0 aliphatic carbocycles. The van der Waals surface area contributed by atoms with E-state index in [2.05, 4.69) is 0 Å². The zero-order valence-corrected chi connectivity index (χ0v) is 18.3. The molecule has 164 valence electrons. The Morgan fingerprint density at radius 3 is 1.97 bits per heavy atom. The molecule has 0 N–H and O–H groups in total. The molecule has 0 radical (unpaired) electrons. The van der Waals surface area contributed by atoms with Crippen LogP contribution >= 0.6 is 0 Å². The fourth-order valence-corrected chi connectivity index (χ4v) is 3.16. The molecule has 1 unspecified atom stereocenters. The Morgan fingerprint density at radius 1 is 0.844 bits per heavy atom. The van der Waals surface area contributed by atoms with E-state index >= 15 is 0 Å². The topological polar surface area (TPSA) is 72.9 Å². The smallest absolute Gasteiger partial charge is 0.338 e. The monoisotopic (exact) mass is 431 g/mol. The number of nitrogens with zero attached hydrogens (tertiary/aromatic N) is 1. The van der Waals surface area contributed by atoms with Gasteiger partial charge < -0.3 is 14.4 Å². The van der Waals surface area contributed by atoms with Crippen LogP contribution in [0.15, 0.2) is 78.9 Å². The summed E-state index contributed by atoms with van der Waals surface area (Å²) in [6.45, 7) is 2.94. The first-order valence-corrected chi connectivity index (χ1v) is 10.2. The van der Waals surface area contributed by atoms with Crippen molar-refractivity contribution >= 4 is 17.8 Å². The van der Waals surface area contributed by atoms with E-state index in [4.69, 9.17) is 9.47 Å². The number of rotatable bonds is 7. The molecule has 6 nitrogen and oxygen atoms in total. The van der Waals surface area contributed by atoms with Crippen LogP contribution in [0, 0.1) is 0 Å². The molecule has 1 amide bonds. The summed E-state index contributed by atoms with van der Waals surface area (Å²) in [4.78, 5) is 37.4. The average Bonchev–Trinajstić information content (AvgIpc) is 2.82. The second-order valence-corrected chi connectivity index (χ2v) is 7.36. The fourth-order valence-electron chi connectivity index (χ4n) is 3.16. The normalized spacial score (nSPS) is 11.3. The number of amides is 1. The van der Waals surface area contributed by atoms with Crippen molar-refractivity contribution in [2.45, 2.75) is 19.9 Å². The Kier molecular flexibility index (Phi) is 7.39. The molecule has 0 spiro atoms. The quantitative estimate of drug-likeness (QED) is 0.402. The van der Waals surface area contributed by atoms with Gasteiger partial charge in [0.1, 0.15) is 5.75 Å². The van der Waals surface area contributed by atoms with E-state index in [0.29, 0.717) is 11.3 Å². The maximum absolute atomic E-state index is 12.4. The summed E-state index contributed by atoms with van der Waals surface area (Å²) in [5, 5.41) is 0. The van der Waals surface area contributed by atoms with E-state index in [-0.39, 0.29) is 24.5 Å². The van der Waals surface area contributed by atoms with Gasteiger partial charge in [0, 0.05) is 14.0 Å². The lowest BCUT2D eigenvalue weighted by Crippen LogP contribution is -2.33. The van der Waals surface area contributed by atoms with Gasteiger partial charge in [-0.15, -0.1) is 0 Å². The number of hydrogen-bond acceptors (Lipinski definition) is 5. The molecule has 0 aliphatic heterocycles. The first kappa shape index (κ1) is 22.7. The summed E-state index contributed by atoms with van der Waals surface area (Å²) < 4.78 is 10.2. The molecule has 32 heavy (non-hydrogen) atoms. The molecular formula is C26H25NO5.